The van der Waals surface area contributed by atoms with Gasteiger partial charge in [-0.3, -0.25) is 0 Å². The number of benzene rings is 1. The van der Waals surface area contributed by atoms with Crippen molar-refractivity contribution in [2.45, 2.75) is 13.8 Å². The Morgan fingerprint density at radius 1 is 1.23 bits per heavy atom. The molecule has 0 aliphatic heterocycles. The highest BCUT2D eigenvalue weighted by atomic mass is 16.5. The summed E-state index contributed by atoms with van der Waals surface area (Å²) in [6, 6.07) is 13.2. The lowest BCUT2D eigenvalue weighted by Gasteiger charge is -2.04. The van der Waals surface area contributed by atoms with Gasteiger partial charge < -0.3 is 9.15 Å². The van der Waals surface area contributed by atoms with E-state index in [-0.39, 0.29) is 0 Å². The summed E-state index contributed by atoms with van der Waals surface area (Å²) in [5, 5.41) is 4.55. The molecule has 0 bridgehead atoms. The Balaban J connectivity index is 2.19. The Morgan fingerprint density at radius 3 is 2.64 bits per heavy atom. The van der Waals surface area contributed by atoms with E-state index in [1.165, 1.54) is 0 Å². The van der Waals surface area contributed by atoms with E-state index in [0.717, 1.165) is 11.4 Å². The minimum Gasteiger partial charge on any atom is -0.463 e. The van der Waals surface area contributed by atoms with E-state index in [2.05, 4.69) is 5.10 Å². The average Bonchev–Trinajstić information content (AvgIpc) is 3.16. The highest BCUT2D eigenvalue weighted by Gasteiger charge is 2.25. The maximum absolute atomic E-state index is 12.3. The summed E-state index contributed by atoms with van der Waals surface area (Å²) >= 11 is 0. The van der Waals surface area contributed by atoms with Crippen LogP contribution < -0.4 is 0 Å². The van der Waals surface area contributed by atoms with Gasteiger partial charge in [-0.15, -0.1) is 0 Å². The number of hydrogen-bond donors (Lipinski definition) is 0. The molecule has 0 atom stereocenters. The molecule has 0 spiro atoms. The lowest BCUT2D eigenvalue weighted by molar-refractivity contribution is 0.0526. The standard InChI is InChI=1S/C17H16N2O3/c1-3-21-17(20)15-12(2)19(13-8-5-4-6-9-13)18-16(15)14-10-7-11-22-14/h4-11H,3H2,1-2H3. The fourth-order valence-electron chi connectivity index (χ4n) is 2.36. The Bertz CT molecular complexity index is 774. The third kappa shape index (κ3) is 2.41. The van der Waals surface area contributed by atoms with Crippen LogP contribution in [0.15, 0.2) is 53.1 Å². The molecule has 0 aliphatic rings. The first-order valence-corrected chi connectivity index (χ1v) is 7.08. The van der Waals surface area contributed by atoms with Crippen molar-refractivity contribution in [3.8, 4) is 17.1 Å². The van der Waals surface area contributed by atoms with Gasteiger partial charge in [0.1, 0.15) is 11.3 Å². The molecule has 0 fully saturated rings. The maximum atomic E-state index is 12.3. The lowest BCUT2D eigenvalue weighted by atomic mass is 10.1. The Hall–Kier alpha value is -2.82. The second-order valence-corrected chi connectivity index (χ2v) is 4.75. The molecule has 2 heterocycles. The summed E-state index contributed by atoms with van der Waals surface area (Å²) in [5.74, 6) is 0.148. The fraction of sp³-hybridized carbons (Fsp3) is 0.176. The van der Waals surface area contributed by atoms with Gasteiger partial charge in [-0.1, -0.05) is 18.2 Å². The number of carbonyl (C=O) groups excluding carboxylic acids is 1. The molecular weight excluding hydrogens is 280 g/mol. The quantitative estimate of drug-likeness (QED) is 0.690. The van der Waals surface area contributed by atoms with Crippen molar-refractivity contribution in [2.24, 2.45) is 0 Å². The first-order chi connectivity index (χ1) is 10.7. The van der Waals surface area contributed by atoms with E-state index < -0.39 is 5.97 Å². The number of hydrogen-bond acceptors (Lipinski definition) is 4. The molecule has 22 heavy (non-hydrogen) atoms. The molecule has 2 aromatic heterocycles. The molecule has 0 amide bonds. The minimum absolute atomic E-state index is 0.312. The highest BCUT2D eigenvalue weighted by molar-refractivity contribution is 5.97. The number of ether oxygens (including phenoxy) is 1. The average molecular weight is 296 g/mol. The van der Waals surface area contributed by atoms with Crippen LogP contribution in [0.1, 0.15) is 23.0 Å². The van der Waals surface area contributed by atoms with Gasteiger partial charge in [-0.05, 0) is 38.1 Å². The van der Waals surface area contributed by atoms with Crippen LogP contribution in [0.5, 0.6) is 0 Å². The molecule has 3 rings (SSSR count). The van der Waals surface area contributed by atoms with Crippen molar-refractivity contribution in [1.29, 1.82) is 0 Å². The fourth-order valence-corrected chi connectivity index (χ4v) is 2.36. The zero-order chi connectivity index (χ0) is 15.5. The summed E-state index contributed by atoms with van der Waals surface area (Å²) in [5.41, 5.74) is 2.52. The van der Waals surface area contributed by atoms with Gasteiger partial charge >= 0.3 is 5.97 Å². The minimum atomic E-state index is -0.395. The van der Waals surface area contributed by atoms with Crippen LogP contribution in [0, 0.1) is 6.92 Å². The van der Waals surface area contributed by atoms with Crippen LogP contribution in [0.3, 0.4) is 0 Å². The first-order valence-electron chi connectivity index (χ1n) is 7.08. The second kappa shape index (κ2) is 5.89. The van der Waals surface area contributed by atoms with Crippen LogP contribution in [-0.2, 0) is 4.74 Å². The molecule has 0 radical (unpaired) electrons. The largest absolute Gasteiger partial charge is 0.463 e. The van der Waals surface area contributed by atoms with Crippen molar-refractivity contribution in [1.82, 2.24) is 9.78 Å². The van der Waals surface area contributed by atoms with Crippen molar-refractivity contribution < 1.29 is 13.9 Å². The molecule has 5 heteroatoms. The van der Waals surface area contributed by atoms with Crippen molar-refractivity contribution in [3.05, 3.63) is 60.0 Å². The molecule has 0 saturated heterocycles. The van der Waals surface area contributed by atoms with Crippen LogP contribution in [0.25, 0.3) is 17.1 Å². The number of furan rings is 1. The third-order valence-corrected chi connectivity index (χ3v) is 3.35. The number of carbonyl (C=O) groups is 1. The van der Waals surface area contributed by atoms with Gasteiger partial charge in [0.2, 0.25) is 0 Å². The number of esters is 1. The topological polar surface area (TPSA) is 57.3 Å². The molecule has 3 aromatic rings. The van der Waals surface area contributed by atoms with Crippen molar-refractivity contribution in [3.63, 3.8) is 0 Å². The summed E-state index contributed by atoms with van der Waals surface area (Å²) in [4.78, 5) is 12.3. The smallest absolute Gasteiger partial charge is 0.342 e. The van der Waals surface area contributed by atoms with E-state index in [1.54, 1.807) is 30.0 Å². The molecule has 0 aliphatic carbocycles. The van der Waals surface area contributed by atoms with E-state index in [1.807, 2.05) is 37.3 Å². The van der Waals surface area contributed by atoms with Gasteiger partial charge in [0.05, 0.1) is 24.3 Å². The van der Waals surface area contributed by atoms with Gasteiger partial charge in [0.25, 0.3) is 0 Å². The monoisotopic (exact) mass is 296 g/mol. The molecule has 0 N–H and O–H groups in total. The normalized spacial score (nSPS) is 10.6. The highest BCUT2D eigenvalue weighted by Crippen LogP contribution is 2.28. The van der Waals surface area contributed by atoms with Gasteiger partial charge in [-0.2, -0.15) is 5.10 Å². The van der Waals surface area contributed by atoms with Gasteiger partial charge in [0.15, 0.2) is 5.76 Å². The van der Waals surface area contributed by atoms with Crippen LogP contribution >= 0.6 is 0 Å². The molecular formula is C17H16N2O3. The molecule has 5 nitrogen and oxygen atoms in total. The number of aromatic nitrogens is 2. The molecule has 0 saturated carbocycles. The maximum Gasteiger partial charge on any atom is 0.342 e. The number of para-hydroxylation sites is 1. The van der Waals surface area contributed by atoms with Crippen molar-refractivity contribution in [2.75, 3.05) is 6.61 Å². The molecule has 112 valence electrons. The van der Waals surface area contributed by atoms with E-state index in [4.69, 9.17) is 9.15 Å². The first kappa shape index (κ1) is 14.1. The molecule has 1 aromatic carbocycles. The van der Waals surface area contributed by atoms with Crippen LogP contribution in [0.2, 0.25) is 0 Å². The Morgan fingerprint density at radius 2 is 2.00 bits per heavy atom. The lowest BCUT2D eigenvalue weighted by Crippen LogP contribution is -2.07. The van der Waals surface area contributed by atoms with E-state index in [9.17, 15) is 4.79 Å². The molecule has 0 unspecified atom stereocenters. The van der Waals surface area contributed by atoms with E-state index in [0.29, 0.717) is 23.6 Å². The second-order valence-electron chi connectivity index (χ2n) is 4.75. The summed E-state index contributed by atoms with van der Waals surface area (Å²) in [6.45, 7) is 3.94. The van der Waals surface area contributed by atoms with E-state index >= 15 is 0 Å². The zero-order valence-corrected chi connectivity index (χ0v) is 12.4. The summed E-state index contributed by atoms with van der Waals surface area (Å²) in [6.07, 6.45) is 1.56. The Kier molecular flexibility index (Phi) is 3.78. The van der Waals surface area contributed by atoms with Crippen LogP contribution in [-0.4, -0.2) is 22.4 Å². The summed E-state index contributed by atoms with van der Waals surface area (Å²) in [7, 11) is 0. The zero-order valence-electron chi connectivity index (χ0n) is 12.4. The number of nitrogens with zero attached hydrogens (tertiary/aromatic N) is 2. The summed E-state index contributed by atoms with van der Waals surface area (Å²) < 4.78 is 12.3. The van der Waals surface area contributed by atoms with Crippen molar-refractivity contribution >= 4 is 5.97 Å². The predicted octanol–water partition coefficient (Wildman–Crippen LogP) is 3.62. The predicted molar refractivity (Wildman–Crippen MR) is 82.0 cm³/mol. The number of rotatable bonds is 4. The SMILES string of the molecule is CCOC(=O)c1c(-c2ccco2)nn(-c2ccccc2)c1C. The Labute approximate surface area is 128 Å². The van der Waals surface area contributed by atoms with Gasteiger partial charge in [-0.25, -0.2) is 9.48 Å². The third-order valence-electron chi connectivity index (χ3n) is 3.35. The van der Waals surface area contributed by atoms with Crippen LogP contribution in [0.4, 0.5) is 0 Å². The van der Waals surface area contributed by atoms with Gasteiger partial charge in [0, 0.05) is 0 Å².